The number of carbonyl (C=O) groups excluding carboxylic acids is 3. The second kappa shape index (κ2) is 10.1. The van der Waals surface area contributed by atoms with E-state index in [1.165, 1.54) is 36.1 Å². The van der Waals surface area contributed by atoms with E-state index >= 15 is 0 Å². The van der Waals surface area contributed by atoms with Gasteiger partial charge in [-0.05, 0) is 30.5 Å². The fourth-order valence-electron chi connectivity index (χ4n) is 4.22. The highest BCUT2D eigenvalue weighted by Gasteiger charge is 2.57. The van der Waals surface area contributed by atoms with Crippen molar-refractivity contribution in [2.75, 3.05) is 13.1 Å². The maximum absolute atomic E-state index is 13.3. The number of rotatable bonds is 6. The predicted molar refractivity (Wildman–Crippen MR) is 121 cm³/mol. The number of likely N-dealkylation sites (tertiary alicyclic amines) is 1. The zero-order chi connectivity index (χ0) is 26.1. The molecule has 1 aliphatic rings. The lowest BCUT2D eigenvalue weighted by Crippen LogP contribution is -2.62. The topological polar surface area (TPSA) is 102 Å². The Morgan fingerprint density at radius 3 is 2.15 bits per heavy atom. The molecule has 0 saturated carbocycles. The normalized spacial score (nSPS) is 22.1. The van der Waals surface area contributed by atoms with Crippen LogP contribution in [0, 0.1) is 11.3 Å². The van der Waals surface area contributed by atoms with Crippen LogP contribution in [0.5, 0.6) is 0 Å². The first-order chi connectivity index (χ1) is 15.5. The molecular weight excluding hydrogens is 475 g/mol. The van der Waals surface area contributed by atoms with Gasteiger partial charge in [0.05, 0.1) is 6.04 Å². The van der Waals surface area contributed by atoms with Crippen LogP contribution in [-0.4, -0.2) is 54.0 Å². The van der Waals surface area contributed by atoms with Crippen molar-refractivity contribution in [1.29, 1.82) is 0 Å². The third-order valence-electron chi connectivity index (χ3n) is 6.18. The lowest BCUT2D eigenvalue weighted by Gasteiger charge is -2.53. The van der Waals surface area contributed by atoms with Crippen molar-refractivity contribution in [2.45, 2.75) is 64.9 Å². The first-order valence-electron chi connectivity index (χ1n) is 10.9. The lowest BCUT2D eigenvalue weighted by atomic mass is 9.66. The van der Waals surface area contributed by atoms with Crippen LogP contribution in [0.2, 0.25) is 5.02 Å². The molecule has 1 aromatic rings. The minimum atomic E-state index is -5.19. The van der Waals surface area contributed by atoms with Gasteiger partial charge in [0.2, 0.25) is 11.8 Å². The Hall–Kier alpha value is -2.33. The van der Waals surface area contributed by atoms with Gasteiger partial charge < -0.3 is 20.7 Å². The van der Waals surface area contributed by atoms with Crippen LogP contribution in [0.1, 0.15) is 46.6 Å². The molecule has 2 amide bonds. The number of piperidine rings is 1. The van der Waals surface area contributed by atoms with Gasteiger partial charge >= 0.3 is 12.1 Å². The SMILES string of the molecule is CC(C)[C@@H](NC(=O)[C@H](C)N)C(=O)N1CC[C@](OC(=O)C(F)(F)F)(c2ccc(Cl)cc2)C(C)(C)C1. The second-order valence-electron chi connectivity index (χ2n) is 9.63. The fourth-order valence-corrected chi connectivity index (χ4v) is 4.34. The number of amides is 2. The zero-order valence-corrected chi connectivity index (χ0v) is 20.6. The smallest absolute Gasteiger partial charge is 0.447 e. The monoisotopic (exact) mass is 505 g/mol. The van der Waals surface area contributed by atoms with Gasteiger partial charge in [-0.2, -0.15) is 13.2 Å². The zero-order valence-electron chi connectivity index (χ0n) is 19.8. The molecule has 0 bridgehead atoms. The molecule has 1 aliphatic heterocycles. The summed E-state index contributed by atoms with van der Waals surface area (Å²) in [6.07, 6.45) is -5.27. The Bertz CT molecular complexity index is 919. The number of esters is 1. The van der Waals surface area contributed by atoms with Crippen molar-refractivity contribution in [3.05, 3.63) is 34.9 Å². The van der Waals surface area contributed by atoms with Gasteiger partial charge in [0, 0.05) is 29.9 Å². The molecule has 34 heavy (non-hydrogen) atoms. The lowest BCUT2D eigenvalue weighted by molar-refractivity contribution is -0.234. The van der Waals surface area contributed by atoms with Crippen LogP contribution >= 0.6 is 11.6 Å². The van der Waals surface area contributed by atoms with Crippen molar-refractivity contribution in [3.63, 3.8) is 0 Å². The van der Waals surface area contributed by atoms with E-state index in [1.54, 1.807) is 27.7 Å². The summed E-state index contributed by atoms with van der Waals surface area (Å²) in [7, 11) is 0. The molecule has 0 aromatic heterocycles. The largest absolute Gasteiger partial charge is 0.490 e. The standard InChI is InChI=1S/C23H31ClF3N3O4/c1-13(2)17(29-18(31)14(3)28)19(32)30-11-10-22(21(4,5)12-30,34-20(33)23(25,26)27)15-6-8-16(24)9-7-15/h6-9,13-14,17H,10-12,28H2,1-5H3,(H,29,31)/t14-,17+,22-/m0/s1. The molecule has 190 valence electrons. The Morgan fingerprint density at radius 1 is 1.15 bits per heavy atom. The summed E-state index contributed by atoms with van der Waals surface area (Å²) < 4.78 is 44.7. The van der Waals surface area contributed by atoms with E-state index in [9.17, 15) is 27.6 Å². The van der Waals surface area contributed by atoms with Gasteiger partial charge in [0.25, 0.3) is 0 Å². The van der Waals surface area contributed by atoms with Crippen LogP contribution in [-0.2, 0) is 24.7 Å². The van der Waals surface area contributed by atoms with Gasteiger partial charge in [-0.25, -0.2) is 4.79 Å². The van der Waals surface area contributed by atoms with E-state index in [2.05, 4.69) is 5.32 Å². The summed E-state index contributed by atoms with van der Waals surface area (Å²) in [6.45, 7) is 8.29. The summed E-state index contributed by atoms with van der Waals surface area (Å²) in [5.41, 5.74) is 3.17. The Kier molecular flexibility index (Phi) is 8.30. The summed E-state index contributed by atoms with van der Waals surface area (Å²) >= 11 is 5.95. The molecule has 1 fully saturated rings. The highest BCUT2D eigenvalue weighted by atomic mass is 35.5. The van der Waals surface area contributed by atoms with Crippen LogP contribution in [0.3, 0.4) is 0 Å². The van der Waals surface area contributed by atoms with Crippen molar-refractivity contribution in [1.82, 2.24) is 10.2 Å². The number of nitrogens with two attached hydrogens (primary N) is 1. The molecule has 0 radical (unpaired) electrons. The van der Waals surface area contributed by atoms with E-state index in [0.29, 0.717) is 10.6 Å². The van der Waals surface area contributed by atoms with Gasteiger partial charge in [-0.15, -0.1) is 0 Å². The molecule has 0 aliphatic carbocycles. The molecule has 2 rings (SSSR count). The first kappa shape index (κ1) is 27.9. The third kappa shape index (κ3) is 5.83. The number of nitrogens with one attached hydrogen (secondary N) is 1. The third-order valence-corrected chi connectivity index (χ3v) is 6.43. The molecule has 3 N–H and O–H groups in total. The van der Waals surface area contributed by atoms with Crippen molar-refractivity contribution < 1.29 is 32.3 Å². The molecule has 7 nitrogen and oxygen atoms in total. The van der Waals surface area contributed by atoms with Gasteiger partial charge in [0.1, 0.15) is 11.6 Å². The summed E-state index contributed by atoms with van der Waals surface area (Å²) in [6, 6.07) is 4.37. The number of benzene rings is 1. The first-order valence-corrected chi connectivity index (χ1v) is 11.3. The number of carbonyl (C=O) groups is 3. The highest BCUT2D eigenvalue weighted by Crippen LogP contribution is 2.50. The van der Waals surface area contributed by atoms with Crippen molar-refractivity contribution >= 4 is 29.4 Å². The molecule has 0 spiro atoms. The Morgan fingerprint density at radius 2 is 1.71 bits per heavy atom. The summed E-state index contributed by atoms with van der Waals surface area (Å²) in [5, 5.41) is 3.02. The van der Waals surface area contributed by atoms with E-state index in [4.69, 9.17) is 22.1 Å². The van der Waals surface area contributed by atoms with E-state index in [0.717, 1.165) is 0 Å². The number of hydrogen-bond acceptors (Lipinski definition) is 5. The minimum Gasteiger partial charge on any atom is -0.447 e. The van der Waals surface area contributed by atoms with Crippen LogP contribution < -0.4 is 11.1 Å². The minimum absolute atomic E-state index is 0.00724. The van der Waals surface area contributed by atoms with Crippen LogP contribution in [0.4, 0.5) is 13.2 Å². The number of alkyl halides is 3. The van der Waals surface area contributed by atoms with Crippen molar-refractivity contribution in [3.8, 4) is 0 Å². The van der Waals surface area contributed by atoms with Gasteiger partial charge in [-0.3, -0.25) is 9.59 Å². The summed E-state index contributed by atoms with van der Waals surface area (Å²) in [5.74, 6) is -3.44. The maximum atomic E-state index is 13.3. The Labute approximate surface area is 202 Å². The molecule has 0 unspecified atom stereocenters. The Balaban J connectivity index is 2.42. The number of ether oxygens (including phenoxy) is 1. The molecule has 1 aromatic carbocycles. The predicted octanol–water partition coefficient (Wildman–Crippen LogP) is 3.39. The molecular formula is C23H31ClF3N3O4. The van der Waals surface area contributed by atoms with Crippen molar-refractivity contribution in [2.24, 2.45) is 17.1 Å². The molecule has 3 atom stereocenters. The fraction of sp³-hybridized carbons (Fsp3) is 0.609. The van der Waals surface area contributed by atoms with Crippen LogP contribution in [0.15, 0.2) is 24.3 Å². The average molecular weight is 506 g/mol. The number of halogens is 4. The average Bonchev–Trinajstić information content (AvgIpc) is 2.71. The summed E-state index contributed by atoms with van der Waals surface area (Å²) in [4.78, 5) is 38.9. The van der Waals surface area contributed by atoms with Gasteiger partial charge in [-0.1, -0.05) is 51.4 Å². The molecule has 11 heteroatoms. The number of nitrogens with zero attached hydrogens (tertiary/aromatic N) is 1. The quantitative estimate of drug-likeness (QED) is 0.577. The molecule has 1 heterocycles. The second-order valence-corrected chi connectivity index (χ2v) is 10.1. The molecule has 1 saturated heterocycles. The highest BCUT2D eigenvalue weighted by molar-refractivity contribution is 6.30. The number of hydrogen-bond donors (Lipinski definition) is 2. The van der Waals surface area contributed by atoms with Gasteiger partial charge in [0.15, 0.2) is 0 Å². The van der Waals surface area contributed by atoms with E-state index in [1.807, 2.05) is 0 Å². The van der Waals surface area contributed by atoms with E-state index in [-0.39, 0.29) is 31.3 Å². The maximum Gasteiger partial charge on any atom is 0.490 e. The van der Waals surface area contributed by atoms with Crippen LogP contribution in [0.25, 0.3) is 0 Å². The van der Waals surface area contributed by atoms with E-state index < -0.39 is 41.2 Å².